The van der Waals surface area contributed by atoms with Crippen molar-refractivity contribution in [3.63, 3.8) is 0 Å². The molecule has 1 fully saturated rings. The van der Waals surface area contributed by atoms with E-state index < -0.39 is 17.1 Å². The van der Waals surface area contributed by atoms with Crippen LogP contribution in [0, 0.1) is 10.1 Å². The van der Waals surface area contributed by atoms with Crippen LogP contribution in [0.15, 0.2) is 54.6 Å². The first-order chi connectivity index (χ1) is 9.68. The number of nitro benzene ring substituents is 1. The minimum absolute atomic E-state index is 0.0131. The van der Waals surface area contributed by atoms with Crippen LogP contribution in [-0.2, 0) is 4.74 Å². The van der Waals surface area contributed by atoms with Crippen molar-refractivity contribution >= 4 is 11.5 Å². The van der Waals surface area contributed by atoms with E-state index in [-0.39, 0.29) is 11.5 Å². The Bertz CT molecular complexity index is 669. The maximum atomic E-state index is 12.2. The minimum Gasteiger partial charge on any atom is -0.355 e. The van der Waals surface area contributed by atoms with Crippen LogP contribution in [0.5, 0.6) is 0 Å². The molecule has 0 bridgehead atoms. The third-order valence-corrected chi connectivity index (χ3v) is 3.25. The van der Waals surface area contributed by atoms with Gasteiger partial charge in [0.25, 0.3) is 5.69 Å². The molecule has 0 spiro atoms. The third kappa shape index (κ3) is 2.19. The second-order valence-corrected chi connectivity index (χ2v) is 4.52. The van der Waals surface area contributed by atoms with Gasteiger partial charge in [-0.3, -0.25) is 14.9 Å². The fraction of sp³-hybridized carbons (Fsp3) is 0.133. The van der Waals surface area contributed by atoms with Crippen molar-refractivity contribution < 1.29 is 14.5 Å². The Balaban J connectivity index is 1.83. The average molecular weight is 269 g/mol. The lowest BCUT2D eigenvalue weighted by Gasteiger charge is -1.99. The van der Waals surface area contributed by atoms with Crippen LogP contribution in [0.3, 0.4) is 0 Å². The Hall–Kier alpha value is -2.53. The first kappa shape index (κ1) is 12.5. The predicted octanol–water partition coefficient (Wildman–Crippen LogP) is 2.92. The standard InChI is InChI=1S/C15H11NO4/c17-13(10-6-2-1-3-7-10)15-14(20-15)11-8-4-5-9-12(11)16(18)19/h1-9,14-15H/t14-,15-/m0/s1. The van der Waals surface area contributed by atoms with E-state index >= 15 is 0 Å². The summed E-state index contributed by atoms with van der Waals surface area (Å²) in [4.78, 5) is 22.7. The fourth-order valence-corrected chi connectivity index (χ4v) is 2.21. The molecule has 0 aromatic heterocycles. The molecule has 2 aromatic carbocycles. The number of hydrogen-bond donors (Lipinski definition) is 0. The normalized spacial score (nSPS) is 20.4. The van der Waals surface area contributed by atoms with Gasteiger partial charge in [-0.05, 0) is 6.07 Å². The maximum absolute atomic E-state index is 12.2. The first-order valence-corrected chi connectivity index (χ1v) is 6.16. The van der Waals surface area contributed by atoms with Gasteiger partial charge in [-0.15, -0.1) is 0 Å². The number of nitro groups is 1. The molecule has 2 aromatic rings. The molecule has 100 valence electrons. The monoisotopic (exact) mass is 269 g/mol. The van der Waals surface area contributed by atoms with Gasteiger partial charge in [-0.2, -0.15) is 0 Å². The molecule has 0 saturated carbocycles. The highest BCUT2D eigenvalue weighted by molar-refractivity contribution is 6.01. The number of ketones is 1. The van der Waals surface area contributed by atoms with Crippen molar-refractivity contribution in [3.8, 4) is 0 Å². The molecule has 3 rings (SSSR count). The molecule has 2 atom stereocenters. The summed E-state index contributed by atoms with van der Waals surface area (Å²) in [6.45, 7) is 0. The van der Waals surface area contributed by atoms with Gasteiger partial charge in [0.2, 0.25) is 0 Å². The van der Waals surface area contributed by atoms with E-state index in [1.165, 1.54) is 6.07 Å². The van der Waals surface area contributed by atoms with Gasteiger partial charge in [0.05, 0.1) is 10.5 Å². The SMILES string of the molecule is O=C(c1ccccc1)[C@@H]1O[C@H]1c1ccccc1[N+](=O)[O-]. The fourth-order valence-electron chi connectivity index (χ4n) is 2.21. The highest BCUT2D eigenvalue weighted by Crippen LogP contribution is 2.44. The van der Waals surface area contributed by atoms with E-state index in [9.17, 15) is 14.9 Å². The smallest absolute Gasteiger partial charge is 0.275 e. The third-order valence-electron chi connectivity index (χ3n) is 3.25. The van der Waals surface area contributed by atoms with Crippen LogP contribution < -0.4 is 0 Å². The number of carbonyl (C=O) groups excluding carboxylic acids is 1. The van der Waals surface area contributed by atoms with E-state index in [4.69, 9.17) is 4.74 Å². The molecule has 1 aliphatic rings. The molecule has 0 amide bonds. The highest BCUT2D eigenvalue weighted by Gasteiger charge is 2.48. The zero-order valence-electron chi connectivity index (χ0n) is 10.4. The van der Waals surface area contributed by atoms with Crippen LogP contribution >= 0.6 is 0 Å². The Morgan fingerprint density at radius 3 is 2.40 bits per heavy atom. The summed E-state index contributed by atoms with van der Waals surface area (Å²) >= 11 is 0. The summed E-state index contributed by atoms with van der Waals surface area (Å²) < 4.78 is 5.36. The number of hydrogen-bond acceptors (Lipinski definition) is 4. The summed E-state index contributed by atoms with van der Waals surface area (Å²) in [5, 5.41) is 11.0. The molecule has 0 unspecified atom stereocenters. The number of benzene rings is 2. The van der Waals surface area contributed by atoms with E-state index in [0.717, 1.165) is 0 Å². The van der Waals surface area contributed by atoms with Crippen LogP contribution in [0.2, 0.25) is 0 Å². The Kier molecular flexibility index (Phi) is 3.04. The number of epoxide rings is 1. The molecule has 0 N–H and O–H groups in total. The van der Waals surface area contributed by atoms with Gasteiger partial charge < -0.3 is 4.74 Å². The largest absolute Gasteiger partial charge is 0.355 e. The molecule has 1 saturated heterocycles. The van der Waals surface area contributed by atoms with Crippen molar-refractivity contribution in [1.29, 1.82) is 0 Å². The van der Waals surface area contributed by atoms with Crippen LogP contribution in [0.4, 0.5) is 5.69 Å². The number of Topliss-reactive ketones (excluding diaryl/α,β-unsaturated/α-hetero) is 1. The Morgan fingerprint density at radius 1 is 1.05 bits per heavy atom. The van der Waals surface area contributed by atoms with Gasteiger partial charge in [-0.25, -0.2) is 0 Å². The number of carbonyl (C=O) groups is 1. The summed E-state index contributed by atoms with van der Waals surface area (Å²) in [5.41, 5.74) is 0.992. The molecule has 1 aliphatic heterocycles. The van der Waals surface area contributed by atoms with Crippen molar-refractivity contribution in [2.45, 2.75) is 12.2 Å². The van der Waals surface area contributed by atoms with Crippen molar-refractivity contribution in [1.82, 2.24) is 0 Å². The number of rotatable bonds is 4. The van der Waals surface area contributed by atoms with Crippen LogP contribution in [0.25, 0.3) is 0 Å². The number of ether oxygens (including phenoxy) is 1. The number of para-hydroxylation sites is 1. The Morgan fingerprint density at radius 2 is 1.70 bits per heavy atom. The lowest BCUT2D eigenvalue weighted by Crippen LogP contribution is -2.08. The van der Waals surface area contributed by atoms with Crippen molar-refractivity contribution in [3.05, 3.63) is 75.8 Å². The zero-order valence-corrected chi connectivity index (χ0v) is 10.4. The van der Waals surface area contributed by atoms with Crippen molar-refractivity contribution in [2.24, 2.45) is 0 Å². The second-order valence-electron chi connectivity index (χ2n) is 4.52. The highest BCUT2D eigenvalue weighted by atomic mass is 16.6. The maximum Gasteiger partial charge on any atom is 0.275 e. The zero-order chi connectivity index (χ0) is 14.1. The molecular weight excluding hydrogens is 258 g/mol. The summed E-state index contributed by atoms with van der Waals surface area (Å²) in [5.74, 6) is -0.145. The van der Waals surface area contributed by atoms with Crippen LogP contribution in [-0.4, -0.2) is 16.8 Å². The number of nitrogens with zero attached hydrogens (tertiary/aromatic N) is 1. The summed E-state index contributed by atoms with van der Waals surface area (Å²) in [6, 6.07) is 15.1. The van der Waals surface area contributed by atoms with E-state index in [1.807, 2.05) is 6.07 Å². The molecule has 0 radical (unpaired) electrons. The molecule has 0 aliphatic carbocycles. The van der Waals surface area contributed by atoms with Crippen molar-refractivity contribution in [2.75, 3.05) is 0 Å². The molecule has 20 heavy (non-hydrogen) atoms. The lowest BCUT2D eigenvalue weighted by atomic mass is 10.0. The first-order valence-electron chi connectivity index (χ1n) is 6.16. The van der Waals surface area contributed by atoms with Gasteiger partial charge in [0.15, 0.2) is 11.9 Å². The summed E-state index contributed by atoms with van der Waals surface area (Å²) in [6.07, 6.45) is -1.15. The van der Waals surface area contributed by atoms with Crippen LogP contribution in [0.1, 0.15) is 22.0 Å². The van der Waals surface area contributed by atoms with Gasteiger partial charge in [-0.1, -0.05) is 42.5 Å². The molecular formula is C15H11NO4. The molecule has 5 nitrogen and oxygen atoms in total. The average Bonchev–Trinajstić information content (AvgIpc) is 3.27. The van der Waals surface area contributed by atoms with Gasteiger partial charge in [0.1, 0.15) is 6.10 Å². The second kappa shape index (κ2) is 4.86. The Labute approximate surface area is 115 Å². The molecule has 5 heteroatoms. The predicted molar refractivity (Wildman–Crippen MR) is 71.5 cm³/mol. The van der Waals surface area contributed by atoms with E-state index in [2.05, 4.69) is 0 Å². The van der Waals surface area contributed by atoms with E-state index in [1.54, 1.807) is 42.5 Å². The minimum atomic E-state index is -0.626. The molecule has 1 heterocycles. The quantitative estimate of drug-likeness (QED) is 0.370. The summed E-state index contributed by atoms with van der Waals surface area (Å²) in [7, 11) is 0. The van der Waals surface area contributed by atoms with E-state index in [0.29, 0.717) is 11.1 Å². The lowest BCUT2D eigenvalue weighted by molar-refractivity contribution is -0.385. The van der Waals surface area contributed by atoms with Gasteiger partial charge >= 0.3 is 0 Å². The topological polar surface area (TPSA) is 72.7 Å². The van der Waals surface area contributed by atoms with Gasteiger partial charge in [0, 0.05) is 11.6 Å².